The van der Waals surface area contributed by atoms with Gasteiger partial charge in [-0.15, -0.1) is 0 Å². The molecule has 3 N–H and O–H groups in total. The highest BCUT2D eigenvalue weighted by Gasteiger charge is 2.14. The van der Waals surface area contributed by atoms with E-state index in [1.807, 2.05) is 43.3 Å². The molecule has 0 unspecified atom stereocenters. The Morgan fingerprint density at radius 2 is 2.12 bits per heavy atom. The topological polar surface area (TPSA) is 93.3 Å². The molecule has 0 fully saturated rings. The number of amides is 1. The Kier molecular flexibility index (Phi) is 4.30. The number of fused-ring (bicyclic) bond motifs is 1. The Balaban J connectivity index is 1.69. The maximum atomic E-state index is 12.5. The first-order valence-corrected chi connectivity index (χ1v) is 9.20. The molecule has 6 nitrogen and oxygen atoms in total. The zero-order chi connectivity index (χ0) is 18.1. The van der Waals surface area contributed by atoms with Gasteiger partial charge < -0.3 is 11.1 Å². The second kappa shape index (κ2) is 6.76. The minimum absolute atomic E-state index is 0.142. The molecule has 0 bridgehead atoms. The summed E-state index contributed by atoms with van der Waals surface area (Å²) < 4.78 is 0. The van der Waals surface area contributed by atoms with Gasteiger partial charge in [0.1, 0.15) is 0 Å². The fraction of sp³-hybridized carbons (Fsp3) is 0.158. The van der Waals surface area contributed by atoms with Gasteiger partial charge in [-0.2, -0.15) is 0 Å². The number of rotatable bonds is 2. The third-order valence-electron chi connectivity index (χ3n) is 4.22. The molecule has 0 radical (unpaired) electrons. The van der Waals surface area contributed by atoms with E-state index in [1.165, 1.54) is 0 Å². The van der Waals surface area contributed by atoms with Crippen LogP contribution in [0, 0.1) is 6.92 Å². The number of aliphatic imine (C=N–C) groups is 1. The van der Waals surface area contributed by atoms with Crippen LogP contribution in [0.5, 0.6) is 0 Å². The molecule has 26 heavy (non-hydrogen) atoms. The predicted octanol–water partition coefficient (Wildman–Crippen LogP) is 3.02. The lowest BCUT2D eigenvalue weighted by Gasteiger charge is -2.10. The number of aromatic nitrogens is 2. The average molecular weight is 363 g/mol. The van der Waals surface area contributed by atoms with Crippen molar-refractivity contribution in [2.45, 2.75) is 6.92 Å². The Hall–Kier alpha value is -2.93. The second-order valence-corrected chi connectivity index (χ2v) is 7.10. The summed E-state index contributed by atoms with van der Waals surface area (Å²) in [5, 5.41) is 4.47. The molecule has 2 aromatic carbocycles. The van der Waals surface area contributed by atoms with Gasteiger partial charge in [-0.25, -0.2) is 9.97 Å². The molecule has 1 amide bonds. The number of nitrogen functional groups attached to an aromatic ring is 1. The van der Waals surface area contributed by atoms with Crippen molar-refractivity contribution < 1.29 is 4.79 Å². The van der Waals surface area contributed by atoms with Crippen LogP contribution in [0.3, 0.4) is 0 Å². The van der Waals surface area contributed by atoms with Crippen LogP contribution in [0.25, 0.3) is 22.0 Å². The van der Waals surface area contributed by atoms with Gasteiger partial charge in [-0.3, -0.25) is 9.79 Å². The summed E-state index contributed by atoms with van der Waals surface area (Å²) in [7, 11) is 0. The lowest BCUT2D eigenvalue weighted by atomic mass is 9.97. The number of nitrogens with zero attached hydrogens (tertiary/aromatic N) is 3. The van der Waals surface area contributed by atoms with Gasteiger partial charge in [-0.05, 0) is 47.9 Å². The van der Waals surface area contributed by atoms with E-state index in [-0.39, 0.29) is 11.9 Å². The summed E-state index contributed by atoms with van der Waals surface area (Å²) in [5.74, 6) is 1.03. The summed E-state index contributed by atoms with van der Waals surface area (Å²) in [6.07, 6.45) is 1.71. The van der Waals surface area contributed by atoms with Crippen molar-refractivity contribution >= 4 is 39.7 Å². The number of nitrogens with two attached hydrogens (primary N) is 1. The SMILES string of the molecule is Cc1ccc(C(=O)NC2=NCCS2)cc1-c1ccc2nc(N)ncc2c1. The van der Waals surface area contributed by atoms with Crippen LogP contribution in [0.4, 0.5) is 5.95 Å². The summed E-state index contributed by atoms with van der Waals surface area (Å²) >= 11 is 1.57. The van der Waals surface area contributed by atoms with Gasteiger partial charge in [0.25, 0.3) is 5.91 Å². The van der Waals surface area contributed by atoms with Crippen LogP contribution in [-0.2, 0) is 0 Å². The monoisotopic (exact) mass is 363 g/mol. The van der Waals surface area contributed by atoms with E-state index in [0.717, 1.165) is 39.9 Å². The molecule has 7 heteroatoms. The van der Waals surface area contributed by atoms with Crippen molar-refractivity contribution in [2.75, 3.05) is 18.0 Å². The number of aryl methyl sites for hydroxylation is 1. The summed E-state index contributed by atoms with van der Waals surface area (Å²) in [4.78, 5) is 25.0. The molecule has 3 aromatic rings. The molecule has 1 aromatic heterocycles. The van der Waals surface area contributed by atoms with Crippen LogP contribution in [0.15, 0.2) is 47.6 Å². The summed E-state index contributed by atoms with van der Waals surface area (Å²) in [6, 6.07) is 11.6. The van der Waals surface area contributed by atoms with Crippen LogP contribution >= 0.6 is 11.8 Å². The van der Waals surface area contributed by atoms with E-state index in [9.17, 15) is 4.79 Å². The number of carbonyl (C=O) groups is 1. The highest BCUT2D eigenvalue weighted by Crippen LogP contribution is 2.27. The van der Waals surface area contributed by atoms with Gasteiger partial charge >= 0.3 is 0 Å². The first-order chi connectivity index (χ1) is 12.6. The molecule has 0 saturated heterocycles. The Morgan fingerprint density at radius 3 is 2.92 bits per heavy atom. The van der Waals surface area contributed by atoms with Gasteiger partial charge in [0, 0.05) is 22.9 Å². The van der Waals surface area contributed by atoms with Crippen LogP contribution < -0.4 is 11.1 Å². The minimum Gasteiger partial charge on any atom is -0.368 e. The Morgan fingerprint density at radius 1 is 1.23 bits per heavy atom. The maximum absolute atomic E-state index is 12.5. The Labute approximate surface area is 154 Å². The Bertz CT molecular complexity index is 1050. The van der Waals surface area contributed by atoms with Crippen molar-refractivity contribution in [1.82, 2.24) is 15.3 Å². The van der Waals surface area contributed by atoms with Crippen LogP contribution in [-0.4, -0.2) is 33.3 Å². The van der Waals surface area contributed by atoms with Crippen molar-refractivity contribution in [2.24, 2.45) is 4.99 Å². The first-order valence-electron chi connectivity index (χ1n) is 8.22. The van der Waals surface area contributed by atoms with Gasteiger partial charge in [0.05, 0.1) is 12.1 Å². The highest BCUT2D eigenvalue weighted by molar-refractivity contribution is 8.14. The van der Waals surface area contributed by atoms with Gasteiger partial charge in [-0.1, -0.05) is 23.9 Å². The molecule has 0 spiro atoms. The number of thioether (sulfide) groups is 1. The smallest absolute Gasteiger partial charge is 0.257 e. The van der Waals surface area contributed by atoms with Crippen LogP contribution in [0.1, 0.15) is 15.9 Å². The molecule has 0 saturated carbocycles. The number of amidine groups is 1. The van der Waals surface area contributed by atoms with E-state index in [1.54, 1.807) is 18.0 Å². The molecule has 0 atom stereocenters. The molecule has 2 heterocycles. The van der Waals surface area contributed by atoms with E-state index in [2.05, 4.69) is 20.3 Å². The zero-order valence-electron chi connectivity index (χ0n) is 14.2. The average Bonchev–Trinajstić information content (AvgIpc) is 3.14. The molecule has 1 aliphatic rings. The quantitative estimate of drug-likeness (QED) is 0.730. The number of benzene rings is 2. The maximum Gasteiger partial charge on any atom is 0.257 e. The van der Waals surface area contributed by atoms with Gasteiger partial charge in [0.15, 0.2) is 5.17 Å². The summed E-state index contributed by atoms with van der Waals surface area (Å²) in [6.45, 7) is 2.78. The second-order valence-electron chi connectivity index (χ2n) is 6.02. The van der Waals surface area contributed by atoms with Gasteiger partial charge in [0.2, 0.25) is 5.95 Å². The fourth-order valence-electron chi connectivity index (χ4n) is 2.87. The van der Waals surface area contributed by atoms with Crippen LogP contribution in [0.2, 0.25) is 0 Å². The first kappa shape index (κ1) is 16.5. The molecule has 0 aliphatic carbocycles. The molecular formula is C19H17N5OS. The number of carbonyl (C=O) groups excluding carboxylic acids is 1. The van der Waals surface area contributed by atoms with Crippen molar-refractivity contribution in [3.05, 3.63) is 53.7 Å². The predicted molar refractivity (Wildman–Crippen MR) is 106 cm³/mol. The standard InChI is InChI=1S/C19H17N5OS/c1-11-2-3-13(17(25)24-19-21-6-7-26-19)9-15(11)12-4-5-16-14(8-12)10-22-18(20)23-16/h2-5,8-10H,6-7H2,1H3,(H2,20,22,23)(H,21,24,25). The van der Waals surface area contributed by atoms with Crippen molar-refractivity contribution in [3.8, 4) is 11.1 Å². The minimum atomic E-state index is -0.142. The largest absolute Gasteiger partial charge is 0.368 e. The zero-order valence-corrected chi connectivity index (χ0v) is 15.0. The third-order valence-corrected chi connectivity index (χ3v) is 5.11. The van der Waals surface area contributed by atoms with E-state index < -0.39 is 0 Å². The molecular weight excluding hydrogens is 346 g/mol. The third kappa shape index (κ3) is 3.25. The summed E-state index contributed by atoms with van der Waals surface area (Å²) in [5.41, 5.74) is 10.1. The normalized spacial score (nSPS) is 13.7. The number of nitrogens with one attached hydrogen (secondary N) is 1. The number of anilines is 1. The van der Waals surface area contributed by atoms with E-state index >= 15 is 0 Å². The lowest BCUT2D eigenvalue weighted by Crippen LogP contribution is -2.27. The van der Waals surface area contributed by atoms with E-state index in [0.29, 0.717) is 10.7 Å². The number of hydrogen-bond acceptors (Lipinski definition) is 6. The van der Waals surface area contributed by atoms with E-state index in [4.69, 9.17) is 5.73 Å². The number of hydrogen-bond donors (Lipinski definition) is 2. The van der Waals surface area contributed by atoms with Crippen molar-refractivity contribution in [1.29, 1.82) is 0 Å². The lowest BCUT2D eigenvalue weighted by molar-refractivity contribution is 0.0978. The fourth-order valence-corrected chi connectivity index (χ4v) is 3.59. The van der Waals surface area contributed by atoms with Crippen molar-refractivity contribution in [3.63, 3.8) is 0 Å². The molecule has 1 aliphatic heterocycles. The molecule has 4 rings (SSSR count). The molecule has 130 valence electrons. The highest BCUT2D eigenvalue weighted by atomic mass is 32.2.